The molecule has 126 valence electrons. The second-order valence-corrected chi connectivity index (χ2v) is 5.74. The predicted molar refractivity (Wildman–Crippen MR) is 79.9 cm³/mol. The Balaban J connectivity index is 1.80. The van der Waals surface area contributed by atoms with E-state index in [1.165, 1.54) is 12.1 Å². The van der Waals surface area contributed by atoms with E-state index >= 15 is 0 Å². The number of carboxylic acid groups (broad SMARTS) is 1. The summed E-state index contributed by atoms with van der Waals surface area (Å²) in [5, 5.41) is 11.6. The summed E-state index contributed by atoms with van der Waals surface area (Å²) < 4.78 is 26.6. The zero-order valence-electron chi connectivity index (χ0n) is 12.9. The van der Waals surface area contributed by atoms with Crippen LogP contribution in [0.4, 0.5) is 8.78 Å². The second-order valence-electron chi connectivity index (χ2n) is 5.74. The molecule has 0 radical (unpaired) electrons. The quantitative estimate of drug-likeness (QED) is 0.798. The smallest absolute Gasteiger partial charge is 0.317 e. The van der Waals surface area contributed by atoms with Crippen molar-refractivity contribution >= 4 is 11.9 Å². The van der Waals surface area contributed by atoms with E-state index in [-0.39, 0.29) is 36.5 Å². The first-order chi connectivity index (χ1) is 10.9. The Kier molecular flexibility index (Phi) is 5.65. The fraction of sp³-hybridized carbons (Fsp3) is 0.500. The summed E-state index contributed by atoms with van der Waals surface area (Å²) in [6, 6.07) is 3.84. The minimum Gasteiger partial charge on any atom is -0.480 e. The van der Waals surface area contributed by atoms with Gasteiger partial charge in [-0.3, -0.25) is 14.5 Å². The maximum Gasteiger partial charge on any atom is 0.317 e. The number of rotatable bonds is 7. The summed E-state index contributed by atoms with van der Waals surface area (Å²) in [6.45, 7) is 2.50. The Bertz CT molecular complexity index is 589. The Labute approximate surface area is 133 Å². The number of nitrogens with zero attached hydrogens (tertiary/aromatic N) is 1. The molecule has 0 saturated heterocycles. The van der Waals surface area contributed by atoms with Crippen molar-refractivity contribution in [3.05, 3.63) is 35.4 Å². The van der Waals surface area contributed by atoms with Gasteiger partial charge in [0.15, 0.2) is 11.6 Å². The molecular formula is C16H20F2N2O3. The van der Waals surface area contributed by atoms with Gasteiger partial charge in [0.05, 0.1) is 13.0 Å². The molecule has 1 aliphatic carbocycles. The van der Waals surface area contributed by atoms with Crippen LogP contribution in [0.5, 0.6) is 0 Å². The minimum atomic E-state index is -0.993. The van der Waals surface area contributed by atoms with Crippen LogP contribution in [0.1, 0.15) is 25.3 Å². The summed E-state index contributed by atoms with van der Waals surface area (Å²) in [5.41, 5.74) is 0.0273. The van der Waals surface area contributed by atoms with E-state index in [0.29, 0.717) is 19.4 Å². The molecule has 1 aliphatic rings. The van der Waals surface area contributed by atoms with Crippen LogP contribution in [-0.2, 0) is 16.0 Å². The van der Waals surface area contributed by atoms with Crippen molar-refractivity contribution in [1.29, 1.82) is 0 Å². The molecule has 0 aromatic heterocycles. The maximum atomic E-state index is 13.5. The molecule has 2 rings (SSSR count). The molecule has 0 aliphatic heterocycles. The van der Waals surface area contributed by atoms with Gasteiger partial charge in [-0.25, -0.2) is 8.78 Å². The third-order valence-corrected chi connectivity index (χ3v) is 4.12. The van der Waals surface area contributed by atoms with Crippen molar-refractivity contribution in [3.8, 4) is 0 Å². The van der Waals surface area contributed by atoms with Crippen LogP contribution >= 0.6 is 0 Å². The molecule has 0 spiro atoms. The minimum absolute atomic E-state index is 0.0175. The highest BCUT2D eigenvalue weighted by molar-refractivity contribution is 5.79. The van der Waals surface area contributed by atoms with E-state index in [9.17, 15) is 18.4 Å². The highest BCUT2D eigenvalue weighted by Gasteiger charge is 2.34. The SMILES string of the molecule is CCN(CC(=O)O)C1CC(NC(=O)Cc2cccc(F)c2F)C1. The molecule has 0 atom stereocenters. The molecule has 0 heterocycles. The first-order valence-electron chi connectivity index (χ1n) is 7.58. The second kappa shape index (κ2) is 7.50. The largest absolute Gasteiger partial charge is 0.480 e. The van der Waals surface area contributed by atoms with Crippen molar-refractivity contribution in [2.75, 3.05) is 13.1 Å². The molecular weight excluding hydrogens is 306 g/mol. The lowest BCUT2D eigenvalue weighted by molar-refractivity contribution is -0.139. The van der Waals surface area contributed by atoms with Crippen molar-refractivity contribution in [1.82, 2.24) is 10.2 Å². The van der Waals surface area contributed by atoms with Gasteiger partial charge in [-0.05, 0) is 25.5 Å². The number of carboxylic acids is 1. The fourth-order valence-corrected chi connectivity index (χ4v) is 2.81. The molecule has 1 saturated carbocycles. The number of benzene rings is 1. The summed E-state index contributed by atoms with van der Waals surface area (Å²) in [7, 11) is 0. The zero-order chi connectivity index (χ0) is 17.0. The number of amides is 1. The number of halogens is 2. The van der Waals surface area contributed by atoms with E-state index in [1.807, 2.05) is 11.8 Å². The van der Waals surface area contributed by atoms with Crippen LogP contribution in [-0.4, -0.2) is 47.1 Å². The van der Waals surface area contributed by atoms with Crippen LogP contribution in [0.25, 0.3) is 0 Å². The standard InChI is InChI=1S/C16H20F2N2O3/c1-2-20(9-15(22)23)12-7-11(8-12)19-14(21)6-10-4-3-5-13(17)16(10)18/h3-5,11-12H,2,6-9H2,1H3,(H,19,21)(H,22,23). The van der Waals surface area contributed by atoms with E-state index in [2.05, 4.69) is 5.32 Å². The average Bonchev–Trinajstić information content (AvgIpc) is 2.45. The first-order valence-corrected chi connectivity index (χ1v) is 7.58. The normalized spacial score (nSPS) is 20.2. The Hall–Kier alpha value is -2.02. The molecule has 2 N–H and O–H groups in total. The number of aliphatic carboxylic acids is 1. The van der Waals surface area contributed by atoms with E-state index in [4.69, 9.17) is 5.11 Å². The molecule has 1 fully saturated rings. The molecule has 0 bridgehead atoms. The van der Waals surface area contributed by atoms with Crippen LogP contribution in [0, 0.1) is 11.6 Å². The monoisotopic (exact) mass is 326 g/mol. The zero-order valence-corrected chi connectivity index (χ0v) is 12.9. The maximum absolute atomic E-state index is 13.5. The third-order valence-electron chi connectivity index (χ3n) is 4.12. The Morgan fingerprint density at radius 1 is 1.35 bits per heavy atom. The lowest BCUT2D eigenvalue weighted by atomic mass is 9.85. The van der Waals surface area contributed by atoms with Gasteiger partial charge in [0.1, 0.15) is 0 Å². The number of carbonyl (C=O) groups is 2. The van der Waals surface area contributed by atoms with Crippen molar-refractivity contribution < 1.29 is 23.5 Å². The van der Waals surface area contributed by atoms with Crippen LogP contribution in [0.2, 0.25) is 0 Å². The van der Waals surface area contributed by atoms with Crippen molar-refractivity contribution in [3.63, 3.8) is 0 Å². The predicted octanol–water partition coefficient (Wildman–Crippen LogP) is 1.56. The van der Waals surface area contributed by atoms with Crippen LogP contribution in [0.15, 0.2) is 18.2 Å². The summed E-state index contributed by atoms with van der Waals surface area (Å²) >= 11 is 0. The summed E-state index contributed by atoms with van der Waals surface area (Å²) in [4.78, 5) is 24.5. The highest BCUT2D eigenvalue weighted by Crippen LogP contribution is 2.25. The molecule has 0 unspecified atom stereocenters. The topological polar surface area (TPSA) is 69.6 Å². The Morgan fingerprint density at radius 3 is 2.65 bits per heavy atom. The van der Waals surface area contributed by atoms with E-state index in [1.54, 1.807) is 0 Å². The lowest BCUT2D eigenvalue weighted by Gasteiger charge is -2.42. The van der Waals surface area contributed by atoms with Crippen LogP contribution < -0.4 is 5.32 Å². The van der Waals surface area contributed by atoms with Gasteiger partial charge in [-0.1, -0.05) is 19.1 Å². The van der Waals surface area contributed by atoms with Gasteiger partial charge in [0.2, 0.25) is 5.91 Å². The molecule has 23 heavy (non-hydrogen) atoms. The third kappa shape index (κ3) is 4.48. The van der Waals surface area contributed by atoms with Gasteiger partial charge in [-0.15, -0.1) is 0 Å². The Morgan fingerprint density at radius 2 is 2.04 bits per heavy atom. The molecule has 5 nitrogen and oxygen atoms in total. The van der Waals surface area contributed by atoms with Crippen molar-refractivity contribution in [2.45, 2.75) is 38.3 Å². The van der Waals surface area contributed by atoms with Gasteiger partial charge in [0, 0.05) is 17.6 Å². The molecule has 7 heteroatoms. The van der Waals surface area contributed by atoms with Gasteiger partial charge in [-0.2, -0.15) is 0 Å². The number of likely N-dealkylation sites (N-methyl/N-ethyl adjacent to an activating group) is 1. The van der Waals surface area contributed by atoms with E-state index < -0.39 is 17.6 Å². The molecule has 1 aromatic carbocycles. The molecule has 1 aromatic rings. The highest BCUT2D eigenvalue weighted by atomic mass is 19.2. The fourth-order valence-electron chi connectivity index (χ4n) is 2.81. The van der Waals surface area contributed by atoms with Crippen molar-refractivity contribution in [2.24, 2.45) is 0 Å². The van der Waals surface area contributed by atoms with Gasteiger partial charge in [0.25, 0.3) is 0 Å². The number of carbonyl (C=O) groups excluding carboxylic acids is 1. The number of nitrogens with one attached hydrogen (secondary N) is 1. The number of hydrogen-bond acceptors (Lipinski definition) is 3. The van der Waals surface area contributed by atoms with E-state index in [0.717, 1.165) is 6.07 Å². The van der Waals surface area contributed by atoms with Crippen LogP contribution in [0.3, 0.4) is 0 Å². The first kappa shape index (κ1) is 17.3. The summed E-state index contributed by atoms with van der Waals surface area (Å²) in [5.74, 6) is -3.20. The van der Waals surface area contributed by atoms with Gasteiger partial charge >= 0.3 is 5.97 Å². The lowest BCUT2D eigenvalue weighted by Crippen LogP contribution is -2.55. The average molecular weight is 326 g/mol. The number of hydrogen-bond donors (Lipinski definition) is 2. The summed E-state index contributed by atoms with van der Waals surface area (Å²) in [6.07, 6.45) is 1.12. The van der Waals surface area contributed by atoms with Gasteiger partial charge < -0.3 is 10.4 Å². The molecule has 1 amide bonds.